The number of nitrogens with zero attached hydrogens (tertiary/aromatic N) is 2. The van der Waals surface area contributed by atoms with Crippen LogP contribution in [0.3, 0.4) is 0 Å². The predicted octanol–water partition coefficient (Wildman–Crippen LogP) is 4.50. The van der Waals surface area contributed by atoms with Crippen LogP contribution in [0.1, 0.15) is 13.3 Å². The Morgan fingerprint density at radius 3 is 2.47 bits per heavy atom. The molecule has 0 bridgehead atoms. The molecule has 1 N–H and O–H groups in total. The van der Waals surface area contributed by atoms with Gasteiger partial charge in [0.15, 0.2) is 11.6 Å². The second-order valence-corrected chi connectivity index (χ2v) is 8.26. The van der Waals surface area contributed by atoms with E-state index in [0.717, 1.165) is 11.0 Å². The highest BCUT2D eigenvalue weighted by Gasteiger charge is 2.37. The van der Waals surface area contributed by atoms with Crippen molar-refractivity contribution < 1.29 is 23.1 Å². The Morgan fingerprint density at radius 1 is 1.00 bits per heavy atom. The van der Waals surface area contributed by atoms with E-state index in [1.165, 1.54) is 22.8 Å². The molecule has 1 aliphatic rings. The van der Waals surface area contributed by atoms with E-state index >= 15 is 0 Å². The zero-order chi connectivity index (χ0) is 24.1. The van der Waals surface area contributed by atoms with E-state index in [2.05, 4.69) is 4.98 Å². The number of carbonyl (C=O) groups is 2. The molecule has 5 rings (SSSR count). The lowest BCUT2D eigenvalue weighted by Gasteiger charge is -2.19. The maximum absolute atomic E-state index is 14.3. The summed E-state index contributed by atoms with van der Waals surface area (Å²) in [6.07, 6.45) is 3.33. The Balaban J connectivity index is 1.73. The molecule has 0 aliphatic carbocycles. The normalized spacial score (nSPS) is 16.0. The molecule has 2 aromatic heterocycles. The topological polar surface area (TPSA) is 84.4 Å². The van der Waals surface area contributed by atoms with Crippen molar-refractivity contribution in [3.8, 4) is 22.6 Å². The van der Waals surface area contributed by atoms with Gasteiger partial charge in [-0.1, -0.05) is 6.92 Å². The SMILES string of the molecule is CC1CC(=O)N(c2ccc(Oc3ccc(F)cc3F)c(-c3cn(C)c(=O)c4[nH]ccc34)c2)C1=O. The molecule has 0 saturated carbocycles. The van der Waals surface area contributed by atoms with E-state index in [4.69, 9.17) is 4.74 Å². The highest BCUT2D eigenvalue weighted by molar-refractivity contribution is 6.21. The largest absolute Gasteiger partial charge is 0.454 e. The van der Waals surface area contributed by atoms with Crippen molar-refractivity contribution in [3.05, 3.63) is 76.8 Å². The predicted molar refractivity (Wildman–Crippen MR) is 122 cm³/mol. The van der Waals surface area contributed by atoms with Crippen molar-refractivity contribution >= 4 is 28.4 Å². The van der Waals surface area contributed by atoms with Gasteiger partial charge < -0.3 is 14.3 Å². The van der Waals surface area contributed by atoms with Gasteiger partial charge in [0, 0.05) is 54.4 Å². The number of nitrogens with one attached hydrogen (secondary N) is 1. The highest BCUT2D eigenvalue weighted by Crippen LogP contribution is 2.40. The number of rotatable bonds is 4. The van der Waals surface area contributed by atoms with Crippen molar-refractivity contribution in [2.45, 2.75) is 13.3 Å². The molecule has 0 spiro atoms. The first kappa shape index (κ1) is 21.6. The Bertz CT molecular complexity index is 1540. The first-order valence-electron chi connectivity index (χ1n) is 10.6. The first-order valence-corrected chi connectivity index (χ1v) is 10.6. The molecule has 9 heteroatoms. The quantitative estimate of drug-likeness (QED) is 0.452. The molecule has 34 heavy (non-hydrogen) atoms. The number of amides is 2. The summed E-state index contributed by atoms with van der Waals surface area (Å²) in [5.41, 5.74) is 1.42. The maximum atomic E-state index is 14.3. The van der Waals surface area contributed by atoms with E-state index < -0.39 is 17.6 Å². The number of aromatic amines is 1. The van der Waals surface area contributed by atoms with Crippen molar-refractivity contribution in [2.75, 3.05) is 4.90 Å². The lowest BCUT2D eigenvalue weighted by Crippen LogP contribution is -2.30. The molecule has 1 unspecified atom stereocenters. The van der Waals surface area contributed by atoms with E-state index in [1.807, 2.05) is 0 Å². The second kappa shape index (κ2) is 7.95. The average molecular weight is 463 g/mol. The average Bonchev–Trinajstić information content (AvgIpc) is 3.38. The fourth-order valence-corrected chi connectivity index (χ4v) is 4.17. The maximum Gasteiger partial charge on any atom is 0.274 e. The van der Waals surface area contributed by atoms with Crippen LogP contribution in [0.2, 0.25) is 0 Å². The fourth-order valence-electron chi connectivity index (χ4n) is 4.17. The molecule has 172 valence electrons. The molecule has 1 aliphatic heterocycles. The van der Waals surface area contributed by atoms with Gasteiger partial charge in [0.05, 0.1) is 5.69 Å². The van der Waals surface area contributed by atoms with Crippen LogP contribution in [0.5, 0.6) is 11.5 Å². The summed E-state index contributed by atoms with van der Waals surface area (Å²) >= 11 is 0. The molecule has 4 aromatic rings. The number of hydrogen-bond donors (Lipinski definition) is 1. The van der Waals surface area contributed by atoms with Crippen LogP contribution in [0.25, 0.3) is 22.0 Å². The molecule has 3 heterocycles. The van der Waals surface area contributed by atoms with Crippen LogP contribution in [-0.4, -0.2) is 21.4 Å². The van der Waals surface area contributed by atoms with Gasteiger partial charge in [-0.2, -0.15) is 0 Å². The van der Waals surface area contributed by atoms with Gasteiger partial charge >= 0.3 is 0 Å². The van der Waals surface area contributed by atoms with Crippen LogP contribution in [0, 0.1) is 17.6 Å². The van der Waals surface area contributed by atoms with Gasteiger partial charge in [0.2, 0.25) is 11.8 Å². The molecule has 1 atom stereocenters. The smallest absolute Gasteiger partial charge is 0.274 e. The molecule has 2 amide bonds. The number of ether oxygens (including phenoxy) is 1. The monoisotopic (exact) mass is 463 g/mol. The highest BCUT2D eigenvalue weighted by atomic mass is 19.1. The van der Waals surface area contributed by atoms with Crippen molar-refractivity contribution in [2.24, 2.45) is 13.0 Å². The zero-order valence-electron chi connectivity index (χ0n) is 18.3. The molecule has 1 fully saturated rings. The molecule has 0 radical (unpaired) electrons. The number of anilines is 1. The van der Waals surface area contributed by atoms with Crippen molar-refractivity contribution in [3.63, 3.8) is 0 Å². The van der Waals surface area contributed by atoms with E-state index in [-0.39, 0.29) is 35.3 Å². The fraction of sp³-hybridized carbons (Fsp3) is 0.160. The lowest BCUT2D eigenvalue weighted by atomic mass is 10.0. The van der Waals surface area contributed by atoms with Gasteiger partial charge in [0.25, 0.3) is 5.56 Å². The number of hydrogen-bond acceptors (Lipinski definition) is 4. The van der Waals surface area contributed by atoms with Crippen LogP contribution < -0.4 is 15.2 Å². The second-order valence-electron chi connectivity index (χ2n) is 8.26. The number of imide groups is 1. The third kappa shape index (κ3) is 3.45. The number of H-pyrrole nitrogens is 1. The van der Waals surface area contributed by atoms with Gasteiger partial charge in [-0.25, -0.2) is 8.78 Å². The van der Waals surface area contributed by atoms with E-state index in [1.54, 1.807) is 38.5 Å². The first-order chi connectivity index (χ1) is 16.2. The Hall–Kier alpha value is -4.27. The number of aryl methyl sites for hydroxylation is 1. The van der Waals surface area contributed by atoms with E-state index in [0.29, 0.717) is 33.8 Å². The number of pyridine rings is 1. The van der Waals surface area contributed by atoms with Gasteiger partial charge in [0.1, 0.15) is 17.1 Å². The summed E-state index contributed by atoms with van der Waals surface area (Å²) in [5, 5.41) is 0.581. The standard InChI is InChI=1S/C25H19F2N3O4/c1-13-9-22(31)30(24(13)32)15-4-6-20(34-21-5-3-14(26)10-19(21)27)17(11-15)18-12-29(2)25(33)23-16(18)7-8-28-23/h3-8,10-13,28H,9H2,1-2H3. The third-order valence-corrected chi connectivity index (χ3v) is 5.89. The number of carbonyl (C=O) groups excluding carboxylic acids is 2. The van der Waals surface area contributed by atoms with Gasteiger partial charge in [-0.05, 0) is 36.4 Å². The van der Waals surface area contributed by atoms with Crippen LogP contribution in [-0.2, 0) is 16.6 Å². The minimum Gasteiger partial charge on any atom is -0.454 e. The summed E-state index contributed by atoms with van der Waals surface area (Å²) in [7, 11) is 1.59. The lowest BCUT2D eigenvalue weighted by molar-refractivity contribution is -0.122. The number of fused-ring (bicyclic) bond motifs is 1. The third-order valence-electron chi connectivity index (χ3n) is 5.89. The number of aromatic nitrogens is 2. The summed E-state index contributed by atoms with van der Waals surface area (Å²) < 4.78 is 34.9. The van der Waals surface area contributed by atoms with Crippen molar-refractivity contribution in [1.29, 1.82) is 0 Å². The Kier molecular flexibility index (Phi) is 5.04. The zero-order valence-corrected chi connectivity index (χ0v) is 18.3. The van der Waals surface area contributed by atoms with Gasteiger partial charge in [-0.15, -0.1) is 0 Å². The molecular formula is C25H19F2N3O4. The molecular weight excluding hydrogens is 444 g/mol. The van der Waals surface area contributed by atoms with Crippen LogP contribution in [0.15, 0.2) is 59.7 Å². The van der Waals surface area contributed by atoms with Gasteiger partial charge in [-0.3, -0.25) is 19.3 Å². The molecule has 7 nitrogen and oxygen atoms in total. The Morgan fingerprint density at radius 2 is 1.76 bits per heavy atom. The molecule has 1 saturated heterocycles. The summed E-state index contributed by atoms with van der Waals surface area (Å²) in [5.74, 6) is -2.71. The summed E-state index contributed by atoms with van der Waals surface area (Å²) in [6, 6.07) is 9.32. The van der Waals surface area contributed by atoms with Crippen LogP contribution >= 0.6 is 0 Å². The minimum atomic E-state index is -0.888. The van der Waals surface area contributed by atoms with Crippen molar-refractivity contribution in [1.82, 2.24) is 9.55 Å². The minimum absolute atomic E-state index is 0.106. The molecule has 2 aromatic carbocycles. The van der Waals surface area contributed by atoms with E-state index in [9.17, 15) is 23.2 Å². The summed E-state index contributed by atoms with van der Waals surface area (Å²) in [6.45, 7) is 1.69. The number of halogens is 2. The van der Waals surface area contributed by atoms with Crippen LogP contribution in [0.4, 0.5) is 14.5 Å². The number of benzene rings is 2. The Labute approximate surface area is 192 Å². The summed E-state index contributed by atoms with van der Waals surface area (Å²) in [4.78, 5) is 41.7.